The predicted molar refractivity (Wildman–Crippen MR) is 102 cm³/mol. The van der Waals surface area contributed by atoms with Crippen molar-refractivity contribution in [2.24, 2.45) is 0 Å². The third-order valence-electron chi connectivity index (χ3n) is 3.43. The standard InChI is InChI=1S/C17H20N2O3S2/c1-4-22-15(20)9-10-19-16(21)14(24-17(19)23)11-12-5-7-13(8-6-12)18(2)3/h5-8,11H,4,9-10H2,1-3H3/b14-11+. The summed E-state index contributed by atoms with van der Waals surface area (Å²) >= 11 is 6.51. The number of benzene rings is 1. The first-order chi connectivity index (χ1) is 11.4. The van der Waals surface area contributed by atoms with E-state index in [9.17, 15) is 9.59 Å². The van der Waals surface area contributed by atoms with Crippen LogP contribution in [0, 0.1) is 0 Å². The highest BCUT2D eigenvalue weighted by Gasteiger charge is 2.32. The molecule has 0 unspecified atom stereocenters. The van der Waals surface area contributed by atoms with Crippen molar-refractivity contribution in [1.82, 2.24) is 4.90 Å². The Bertz CT molecular complexity index is 669. The van der Waals surface area contributed by atoms with Crippen molar-refractivity contribution in [2.75, 3.05) is 32.1 Å². The summed E-state index contributed by atoms with van der Waals surface area (Å²) in [5, 5.41) is 0. The fraction of sp³-hybridized carbons (Fsp3) is 0.353. The fourth-order valence-electron chi connectivity index (χ4n) is 2.15. The Hall–Kier alpha value is -1.86. The summed E-state index contributed by atoms with van der Waals surface area (Å²) in [6, 6.07) is 7.90. The van der Waals surface area contributed by atoms with Gasteiger partial charge in [0.25, 0.3) is 5.91 Å². The largest absolute Gasteiger partial charge is 0.466 e. The van der Waals surface area contributed by atoms with E-state index in [1.54, 1.807) is 6.92 Å². The molecule has 24 heavy (non-hydrogen) atoms. The maximum atomic E-state index is 12.5. The Kier molecular flexibility index (Phi) is 6.39. The average Bonchev–Trinajstić information content (AvgIpc) is 2.80. The number of thiocarbonyl (C=S) groups is 1. The molecule has 0 aliphatic carbocycles. The second-order valence-electron chi connectivity index (χ2n) is 5.37. The molecule has 7 heteroatoms. The highest BCUT2D eigenvalue weighted by Crippen LogP contribution is 2.32. The lowest BCUT2D eigenvalue weighted by atomic mass is 10.2. The van der Waals surface area contributed by atoms with Gasteiger partial charge in [-0.15, -0.1) is 0 Å². The third-order valence-corrected chi connectivity index (χ3v) is 4.80. The quantitative estimate of drug-likeness (QED) is 0.439. The number of rotatable bonds is 6. The zero-order chi connectivity index (χ0) is 17.7. The minimum absolute atomic E-state index is 0.144. The SMILES string of the molecule is CCOC(=O)CCN1C(=O)/C(=C\c2ccc(N(C)C)cc2)SC1=S. The molecule has 0 aromatic heterocycles. The number of thioether (sulfide) groups is 1. The molecule has 1 fully saturated rings. The predicted octanol–water partition coefficient (Wildman–Crippen LogP) is 2.91. The molecule has 0 spiro atoms. The molecule has 0 bridgehead atoms. The fourth-order valence-corrected chi connectivity index (χ4v) is 3.46. The van der Waals surface area contributed by atoms with Crippen molar-refractivity contribution in [3.05, 3.63) is 34.7 Å². The van der Waals surface area contributed by atoms with Crippen molar-refractivity contribution in [3.63, 3.8) is 0 Å². The maximum absolute atomic E-state index is 12.5. The monoisotopic (exact) mass is 364 g/mol. The summed E-state index contributed by atoms with van der Waals surface area (Å²) in [5.74, 6) is -0.485. The minimum atomic E-state index is -0.324. The van der Waals surface area contributed by atoms with Gasteiger partial charge in [0.1, 0.15) is 4.32 Å². The van der Waals surface area contributed by atoms with Crippen molar-refractivity contribution in [3.8, 4) is 0 Å². The van der Waals surface area contributed by atoms with E-state index < -0.39 is 0 Å². The number of esters is 1. The van der Waals surface area contributed by atoms with Crippen LogP contribution in [0.1, 0.15) is 18.9 Å². The van der Waals surface area contributed by atoms with E-state index in [0.29, 0.717) is 15.8 Å². The smallest absolute Gasteiger partial charge is 0.307 e. The Morgan fingerprint density at radius 1 is 1.33 bits per heavy atom. The molecule has 1 aromatic rings. The Labute approximate surface area is 151 Å². The van der Waals surface area contributed by atoms with Gasteiger partial charge >= 0.3 is 5.97 Å². The number of nitrogens with zero attached hydrogens (tertiary/aromatic N) is 2. The highest BCUT2D eigenvalue weighted by atomic mass is 32.2. The van der Waals surface area contributed by atoms with Crippen LogP contribution >= 0.6 is 24.0 Å². The van der Waals surface area contributed by atoms with Gasteiger partial charge < -0.3 is 9.64 Å². The van der Waals surface area contributed by atoms with Crippen LogP contribution < -0.4 is 4.90 Å². The molecule has 0 saturated carbocycles. The zero-order valence-electron chi connectivity index (χ0n) is 13.9. The number of amides is 1. The maximum Gasteiger partial charge on any atom is 0.307 e. The molecule has 5 nitrogen and oxygen atoms in total. The highest BCUT2D eigenvalue weighted by molar-refractivity contribution is 8.26. The van der Waals surface area contributed by atoms with Crippen molar-refractivity contribution in [2.45, 2.75) is 13.3 Å². The van der Waals surface area contributed by atoms with Gasteiger partial charge in [0.05, 0.1) is 17.9 Å². The number of hydrogen-bond donors (Lipinski definition) is 0. The molecule has 0 atom stereocenters. The summed E-state index contributed by atoms with van der Waals surface area (Å²) in [4.78, 5) is 27.9. The molecule has 1 aromatic carbocycles. The number of anilines is 1. The summed E-state index contributed by atoms with van der Waals surface area (Å²) in [6.07, 6.45) is 1.97. The molecule has 1 saturated heterocycles. The first-order valence-corrected chi connectivity index (χ1v) is 8.83. The second kappa shape index (κ2) is 8.30. The van der Waals surface area contributed by atoms with Crippen LogP contribution in [-0.4, -0.2) is 48.3 Å². The lowest BCUT2D eigenvalue weighted by molar-refractivity contribution is -0.143. The molecular formula is C17H20N2O3S2. The van der Waals surface area contributed by atoms with Crippen LogP contribution in [0.4, 0.5) is 5.69 Å². The molecule has 1 aliphatic heterocycles. The first kappa shape index (κ1) is 18.5. The molecule has 128 valence electrons. The van der Waals surface area contributed by atoms with Gasteiger partial charge in [-0.25, -0.2) is 0 Å². The Morgan fingerprint density at radius 3 is 2.58 bits per heavy atom. The molecule has 1 amide bonds. The van der Waals surface area contributed by atoms with E-state index in [0.717, 1.165) is 11.3 Å². The van der Waals surface area contributed by atoms with Crippen LogP contribution in [0.3, 0.4) is 0 Å². The molecular weight excluding hydrogens is 344 g/mol. The summed E-state index contributed by atoms with van der Waals surface area (Å²) in [5.41, 5.74) is 2.03. The van der Waals surface area contributed by atoms with Crippen LogP contribution in [0.25, 0.3) is 6.08 Å². The van der Waals surface area contributed by atoms with Crippen LogP contribution in [0.15, 0.2) is 29.2 Å². The van der Waals surface area contributed by atoms with Gasteiger partial charge in [-0.1, -0.05) is 36.1 Å². The number of carbonyl (C=O) groups excluding carboxylic acids is 2. The zero-order valence-corrected chi connectivity index (χ0v) is 15.6. The summed E-state index contributed by atoms with van der Waals surface area (Å²) in [7, 11) is 3.95. The van der Waals surface area contributed by atoms with Gasteiger partial charge in [-0.2, -0.15) is 0 Å². The van der Waals surface area contributed by atoms with E-state index in [1.165, 1.54) is 16.7 Å². The van der Waals surface area contributed by atoms with E-state index in [2.05, 4.69) is 0 Å². The summed E-state index contributed by atoms with van der Waals surface area (Å²) in [6.45, 7) is 2.34. The number of ether oxygens (including phenoxy) is 1. The van der Waals surface area contributed by atoms with E-state index in [-0.39, 0.29) is 24.8 Å². The number of carbonyl (C=O) groups is 2. The van der Waals surface area contributed by atoms with Gasteiger partial charge in [0.15, 0.2) is 0 Å². The van der Waals surface area contributed by atoms with E-state index in [1.807, 2.05) is 49.3 Å². The molecule has 0 radical (unpaired) electrons. The van der Waals surface area contributed by atoms with Gasteiger partial charge in [-0.05, 0) is 30.7 Å². The van der Waals surface area contributed by atoms with Crippen LogP contribution in [0.2, 0.25) is 0 Å². The van der Waals surface area contributed by atoms with Crippen molar-refractivity contribution < 1.29 is 14.3 Å². The Balaban J connectivity index is 2.05. The van der Waals surface area contributed by atoms with Crippen molar-refractivity contribution in [1.29, 1.82) is 0 Å². The summed E-state index contributed by atoms with van der Waals surface area (Å²) < 4.78 is 5.35. The molecule has 2 rings (SSSR count). The lowest BCUT2D eigenvalue weighted by Crippen LogP contribution is -2.30. The lowest BCUT2D eigenvalue weighted by Gasteiger charge is -2.13. The first-order valence-electron chi connectivity index (χ1n) is 7.60. The third kappa shape index (κ3) is 4.58. The Morgan fingerprint density at radius 2 is 2.00 bits per heavy atom. The average molecular weight is 364 g/mol. The van der Waals surface area contributed by atoms with Gasteiger partial charge in [-0.3, -0.25) is 14.5 Å². The van der Waals surface area contributed by atoms with E-state index in [4.69, 9.17) is 17.0 Å². The number of hydrogen-bond acceptors (Lipinski definition) is 6. The van der Waals surface area contributed by atoms with Crippen LogP contribution in [0.5, 0.6) is 0 Å². The van der Waals surface area contributed by atoms with Crippen molar-refractivity contribution >= 4 is 51.9 Å². The van der Waals surface area contributed by atoms with E-state index >= 15 is 0 Å². The molecule has 1 aliphatic rings. The molecule has 0 N–H and O–H groups in total. The van der Waals surface area contributed by atoms with Gasteiger partial charge in [0.2, 0.25) is 0 Å². The normalized spacial score (nSPS) is 16.0. The molecule has 1 heterocycles. The second-order valence-corrected chi connectivity index (χ2v) is 7.05. The van der Waals surface area contributed by atoms with Gasteiger partial charge in [0, 0.05) is 26.3 Å². The van der Waals surface area contributed by atoms with Crippen LogP contribution in [-0.2, 0) is 14.3 Å². The topological polar surface area (TPSA) is 49.9 Å². The minimum Gasteiger partial charge on any atom is -0.466 e.